The van der Waals surface area contributed by atoms with E-state index in [1.54, 1.807) is 39.0 Å². The number of rotatable bonds is 6. The third-order valence-corrected chi connectivity index (χ3v) is 4.04. The average molecular weight is 345 g/mol. The molecule has 2 unspecified atom stereocenters. The zero-order valence-corrected chi connectivity index (χ0v) is 14.5. The summed E-state index contributed by atoms with van der Waals surface area (Å²) in [5.41, 5.74) is -0.665. The molecular formula is C15H23NO6S. The Balaban J connectivity index is 2.53. The topological polar surface area (TPSA) is 102 Å². The first-order chi connectivity index (χ1) is 10.5. The number of benzene rings is 1. The molecule has 0 aromatic heterocycles. The van der Waals surface area contributed by atoms with Crippen LogP contribution in [0.25, 0.3) is 0 Å². The smallest absolute Gasteiger partial charge is 0.407 e. The maximum atomic E-state index is 11.9. The first-order valence-electron chi connectivity index (χ1n) is 7.13. The van der Waals surface area contributed by atoms with Gasteiger partial charge in [0.1, 0.15) is 5.60 Å². The summed E-state index contributed by atoms with van der Waals surface area (Å²) in [5.74, 6) is 0. The van der Waals surface area contributed by atoms with Crippen molar-refractivity contribution in [3.05, 3.63) is 30.3 Å². The summed E-state index contributed by atoms with van der Waals surface area (Å²) < 4.78 is 33.7. The number of aliphatic hydroxyl groups excluding tert-OH is 1. The Labute approximate surface area is 136 Å². The average Bonchev–Trinajstić information content (AvgIpc) is 2.43. The number of nitrogens with one attached hydrogen (secondary N) is 1. The Hall–Kier alpha value is -1.64. The Morgan fingerprint density at radius 1 is 1.26 bits per heavy atom. The van der Waals surface area contributed by atoms with Crippen LogP contribution in [0.4, 0.5) is 4.79 Å². The fraction of sp³-hybridized carbons (Fsp3) is 0.533. The highest BCUT2D eigenvalue weighted by molar-refractivity contribution is 7.86. The molecule has 1 aromatic rings. The molecule has 130 valence electrons. The largest absolute Gasteiger partial charge is 0.444 e. The Bertz CT molecular complexity index is 609. The molecule has 23 heavy (non-hydrogen) atoms. The first kappa shape index (κ1) is 19.4. The molecule has 0 fully saturated rings. The number of aliphatic hydroxyl groups is 1. The summed E-state index contributed by atoms with van der Waals surface area (Å²) in [6, 6.07) is 6.86. The summed E-state index contributed by atoms with van der Waals surface area (Å²) >= 11 is 0. The molecule has 0 spiro atoms. The molecule has 0 radical (unpaired) electrons. The van der Waals surface area contributed by atoms with E-state index in [1.165, 1.54) is 19.1 Å². The molecule has 7 nitrogen and oxygen atoms in total. The summed E-state index contributed by atoms with van der Waals surface area (Å²) in [6.45, 7) is 6.18. The van der Waals surface area contributed by atoms with Gasteiger partial charge in [0.2, 0.25) is 0 Å². The third-order valence-electron chi connectivity index (χ3n) is 2.75. The van der Waals surface area contributed by atoms with Crippen LogP contribution in [0.3, 0.4) is 0 Å². The summed E-state index contributed by atoms with van der Waals surface area (Å²) in [5, 5.41) is 12.3. The maximum absolute atomic E-state index is 11.9. The SMILES string of the molecule is CC(NC(=O)OC(C)(C)C)C(O)COS(=O)(=O)c1ccccc1. The van der Waals surface area contributed by atoms with Crippen LogP contribution in [0.2, 0.25) is 0 Å². The van der Waals surface area contributed by atoms with Gasteiger partial charge in [0.25, 0.3) is 10.1 Å². The molecule has 1 amide bonds. The van der Waals surface area contributed by atoms with E-state index in [9.17, 15) is 18.3 Å². The zero-order chi connectivity index (χ0) is 17.7. The molecule has 0 aliphatic heterocycles. The number of carbonyl (C=O) groups is 1. The molecule has 0 aliphatic rings. The summed E-state index contributed by atoms with van der Waals surface area (Å²) in [6.07, 6.45) is -1.91. The van der Waals surface area contributed by atoms with Gasteiger partial charge in [0, 0.05) is 0 Å². The van der Waals surface area contributed by atoms with Gasteiger partial charge in [-0.1, -0.05) is 18.2 Å². The quantitative estimate of drug-likeness (QED) is 0.760. The van der Waals surface area contributed by atoms with Crippen molar-refractivity contribution >= 4 is 16.2 Å². The second-order valence-corrected chi connectivity index (χ2v) is 7.67. The molecular weight excluding hydrogens is 322 g/mol. The Morgan fingerprint density at radius 2 is 1.83 bits per heavy atom. The number of alkyl carbamates (subject to hydrolysis) is 1. The van der Waals surface area contributed by atoms with Gasteiger partial charge in [-0.2, -0.15) is 8.42 Å². The molecule has 1 aromatic carbocycles. The van der Waals surface area contributed by atoms with Gasteiger partial charge in [-0.15, -0.1) is 0 Å². The van der Waals surface area contributed by atoms with Gasteiger partial charge < -0.3 is 15.2 Å². The molecule has 0 bridgehead atoms. The lowest BCUT2D eigenvalue weighted by molar-refractivity contribution is 0.0378. The molecule has 0 saturated carbocycles. The van der Waals surface area contributed by atoms with Crippen LogP contribution < -0.4 is 5.32 Å². The summed E-state index contributed by atoms with van der Waals surface area (Å²) in [4.78, 5) is 11.6. The van der Waals surface area contributed by atoms with Crippen molar-refractivity contribution < 1.29 is 27.2 Å². The van der Waals surface area contributed by atoms with Gasteiger partial charge in [0.15, 0.2) is 0 Å². The van der Waals surface area contributed by atoms with Crippen LogP contribution in [-0.2, 0) is 19.0 Å². The normalized spacial score (nSPS) is 14.8. The van der Waals surface area contributed by atoms with Crippen molar-refractivity contribution in [1.29, 1.82) is 0 Å². The van der Waals surface area contributed by atoms with Crippen LogP contribution in [0, 0.1) is 0 Å². The minimum atomic E-state index is -3.95. The highest BCUT2D eigenvalue weighted by atomic mass is 32.2. The van der Waals surface area contributed by atoms with Gasteiger partial charge >= 0.3 is 6.09 Å². The van der Waals surface area contributed by atoms with E-state index in [-0.39, 0.29) is 4.90 Å². The van der Waals surface area contributed by atoms with Gasteiger partial charge in [-0.3, -0.25) is 4.18 Å². The predicted octanol–water partition coefficient (Wildman–Crippen LogP) is 1.67. The Kier molecular flexibility index (Phi) is 6.55. The molecule has 0 heterocycles. The van der Waals surface area contributed by atoms with Crippen LogP contribution in [0.5, 0.6) is 0 Å². The highest BCUT2D eigenvalue weighted by Gasteiger charge is 2.24. The van der Waals surface area contributed by atoms with Crippen LogP contribution >= 0.6 is 0 Å². The molecule has 2 atom stereocenters. The lowest BCUT2D eigenvalue weighted by Crippen LogP contribution is -2.45. The van der Waals surface area contributed by atoms with Crippen molar-refractivity contribution in [1.82, 2.24) is 5.32 Å². The fourth-order valence-electron chi connectivity index (χ4n) is 1.55. The minimum Gasteiger partial charge on any atom is -0.444 e. The van der Waals surface area contributed by atoms with Crippen LogP contribution in [-0.4, -0.2) is 44.0 Å². The van der Waals surface area contributed by atoms with E-state index in [2.05, 4.69) is 5.32 Å². The molecule has 8 heteroatoms. The summed E-state index contributed by atoms with van der Waals surface area (Å²) in [7, 11) is -3.95. The third kappa shape index (κ3) is 6.98. The number of hydrogen-bond acceptors (Lipinski definition) is 6. The maximum Gasteiger partial charge on any atom is 0.407 e. The zero-order valence-electron chi connectivity index (χ0n) is 13.6. The van der Waals surface area contributed by atoms with Gasteiger partial charge in [-0.05, 0) is 39.8 Å². The standard InChI is InChI=1S/C15H23NO6S/c1-11(16-14(18)22-15(2,3)4)13(17)10-21-23(19,20)12-8-6-5-7-9-12/h5-9,11,13,17H,10H2,1-4H3,(H,16,18). The van der Waals surface area contributed by atoms with E-state index < -0.39 is 40.6 Å². The monoisotopic (exact) mass is 345 g/mol. The second kappa shape index (κ2) is 7.76. The number of amides is 1. The van der Waals surface area contributed by atoms with Crippen molar-refractivity contribution in [3.8, 4) is 0 Å². The minimum absolute atomic E-state index is 0.0000421. The van der Waals surface area contributed by atoms with Crippen molar-refractivity contribution in [2.75, 3.05) is 6.61 Å². The lowest BCUT2D eigenvalue weighted by atomic mass is 10.2. The molecule has 2 N–H and O–H groups in total. The fourth-order valence-corrected chi connectivity index (χ4v) is 2.49. The highest BCUT2D eigenvalue weighted by Crippen LogP contribution is 2.12. The van der Waals surface area contributed by atoms with Crippen molar-refractivity contribution in [2.45, 2.75) is 50.3 Å². The number of hydrogen-bond donors (Lipinski definition) is 2. The van der Waals surface area contributed by atoms with Crippen molar-refractivity contribution in [3.63, 3.8) is 0 Å². The second-order valence-electron chi connectivity index (χ2n) is 6.05. The number of carbonyl (C=O) groups excluding carboxylic acids is 1. The van der Waals surface area contributed by atoms with Gasteiger partial charge in [-0.25, -0.2) is 4.79 Å². The van der Waals surface area contributed by atoms with E-state index in [0.717, 1.165) is 0 Å². The van der Waals surface area contributed by atoms with E-state index in [0.29, 0.717) is 0 Å². The lowest BCUT2D eigenvalue weighted by Gasteiger charge is -2.24. The molecule has 1 rings (SSSR count). The van der Waals surface area contributed by atoms with Crippen LogP contribution in [0.1, 0.15) is 27.7 Å². The Morgan fingerprint density at radius 3 is 2.35 bits per heavy atom. The first-order valence-corrected chi connectivity index (χ1v) is 8.54. The predicted molar refractivity (Wildman–Crippen MR) is 84.4 cm³/mol. The molecule has 0 saturated heterocycles. The molecule has 0 aliphatic carbocycles. The number of ether oxygens (including phenoxy) is 1. The van der Waals surface area contributed by atoms with E-state index >= 15 is 0 Å². The van der Waals surface area contributed by atoms with E-state index in [4.69, 9.17) is 8.92 Å². The van der Waals surface area contributed by atoms with Gasteiger partial charge in [0.05, 0.1) is 23.6 Å². The van der Waals surface area contributed by atoms with Crippen molar-refractivity contribution in [2.24, 2.45) is 0 Å². The van der Waals surface area contributed by atoms with Crippen LogP contribution in [0.15, 0.2) is 35.2 Å². The van der Waals surface area contributed by atoms with E-state index in [1.807, 2.05) is 0 Å².